The van der Waals surface area contributed by atoms with Crippen molar-refractivity contribution in [2.45, 2.75) is 26.8 Å². The highest BCUT2D eigenvalue weighted by atomic mass is 32.1. The Kier molecular flexibility index (Phi) is 5.36. The van der Waals surface area contributed by atoms with E-state index in [9.17, 15) is 9.59 Å². The Morgan fingerprint density at radius 2 is 2.19 bits per heavy atom. The molecule has 0 aliphatic carbocycles. The van der Waals surface area contributed by atoms with Crippen molar-refractivity contribution < 1.29 is 14.7 Å². The van der Waals surface area contributed by atoms with Crippen LogP contribution in [0.3, 0.4) is 0 Å². The van der Waals surface area contributed by atoms with Gasteiger partial charge in [0.05, 0.1) is 13.1 Å². The van der Waals surface area contributed by atoms with Crippen LogP contribution in [0.5, 0.6) is 0 Å². The number of carbonyl (C=O) groups is 2. The van der Waals surface area contributed by atoms with Gasteiger partial charge in [0.2, 0.25) is 5.91 Å². The highest BCUT2D eigenvalue weighted by molar-refractivity contribution is 7.10. The fraction of sp³-hybridized carbons (Fsp3) is 0.600. The predicted octanol–water partition coefficient (Wildman–Crippen LogP) is 1.68. The molecule has 0 bridgehead atoms. The van der Waals surface area contributed by atoms with Crippen LogP contribution in [0, 0.1) is 5.92 Å². The van der Waals surface area contributed by atoms with Crippen LogP contribution in [0.1, 0.15) is 24.3 Å². The lowest BCUT2D eigenvalue weighted by Gasteiger charge is -2.30. The molecule has 0 fully saturated rings. The number of hydrogen-bond acceptors (Lipinski definition) is 4. The average molecular weight is 310 g/mol. The van der Waals surface area contributed by atoms with Crippen LogP contribution < -0.4 is 0 Å². The zero-order valence-corrected chi connectivity index (χ0v) is 13.4. The number of thiophene rings is 1. The van der Waals surface area contributed by atoms with Crippen LogP contribution in [-0.2, 0) is 22.6 Å². The highest BCUT2D eigenvalue weighted by Gasteiger charge is 2.24. The van der Waals surface area contributed by atoms with Gasteiger partial charge in [-0.15, -0.1) is 11.3 Å². The standard InChI is InChI=1S/C15H22N2O3S/c1-11(2)7-16(10-15(19)20)9-14(18)17-5-3-13-12(8-17)4-6-21-13/h4,6,11H,3,5,7-10H2,1-2H3,(H,19,20). The van der Waals surface area contributed by atoms with E-state index in [1.54, 1.807) is 16.2 Å². The quantitative estimate of drug-likeness (QED) is 0.868. The van der Waals surface area contributed by atoms with Crippen LogP contribution >= 0.6 is 11.3 Å². The first-order chi connectivity index (χ1) is 9.95. The first kappa shape index (κ1) is 16.0. The highest BCUT2D eigenvalue weighted by Crippen LogP contribution is 2.24. The molecule has 1 aliphatic rings. The lowest BCUT2D eigenvalue weighted by Crippen LogP contribution is -2.44. The van der Waals surface area contributed by atoms with Crippen LogP contribution in [0.15, 0.2) is 11.4 Å². The number of hydrogen-bond donors (Lipinski definition) is 1. The third-order valence-corrected chi connectivity index (χ3v) is 4.52. The van der Waals surface area contributed by atoms with Gasteiger partial charge in [-0.3, -0.25) is 14.5 Å². The van der Waals surface area contributed by atoms with Gasteiger partial charge in [0.25, 0.3) is 0 Å². The fourth-order valence-corrected chi connectivity index (χ4v) is 3.53. The van der Waals surface area contributed by atoms with E-state index in [1.165, 1.54) is 10.4 Å². The van der Waals surface area contributed by atoms with Crippen molar-refractivity contribution in [3.8, 4) is 0 Å². The molecule has 2 heterocycles. The van der Waals surface area contributed by atoms with Gasteiger partial charge in [-0.25, -0.2) is 0 Å². The van der Waals surface area contributed by atoms with Gasteiger partial charge in [-0.1, -0.05) is 13.8 Å². The first-order valence-corrected chi connectivity index (χ1v) is 8.11. The summed E-state index contributed by atoms with van der Waals surface area (Å²) in [5.41, 5.74) is 1.23. The summed E-state index contributed by atoms with van der Waals surface area (Å²) in [5, 5.41) is 11.0. The van der Waals surface area contributed by atoms with E-state index in [0.29, 0.717) is 19.0 Å². The van der Waals surface area contributed by atoms with Crippen molar-refractivity contribution >= 4 is 23.2 Å². The molecule has 1 N–H and O–H groups in total. The maximum Gasteiger partial charge on any atom is 0.317 e. The number of carboxylic acids is 1. The molecule has 116 valence electrons. The smallest absolute Gasteiger partial charge is 0.317 e. The molecule has 2 rings (SSSR count). The van der Waals surface area contributed by atoms with Crippen molar-refractivity contribution in [1.82, 2.24) is 9.80 Å². The van der Waals surface area contributed by atoms with Gasteiger partial charge in [0.1, 0.15) is 0 Å². The Morgan fingerprint density at radius 3 is 2.86 bits per heavy atom. The molecule has 1 aromatic rings. The molecule has 5 nitrogen and oxygen atoms in total. The molecule has 6 heteroatoms. The normalized spacial score (nSPS) is 14.6. The Morgan fingerprint density at radius 1 is 1.43 bits per heavy atom. The molecule has 1 aliphatic heterocycles. The van der Waals surface area contributed by atoms with E-state index in [4.69, 9.17) is 5.11 Å². The number of rotatable bonds is 6. The largest absolute Gasteiger partial charge is 0.480 e. The van der Waals surface area contributed by atoms with Gasteiger partial charge in [0.15, 0.2) is 0 Å². The molecule has 1 amide bonds. The summed E-state index contributed by atoms with van der Waals surface area (Å²) in [6.45, 7) is 6.16. The van der Waals surface area contributed by atoms with Crippen molar-refractivity contribution in [3.05, 3.63) is 21.9 Å². The zero-order valence-electron chi connectivity index (χ0n) is 12.5. The first-order valence-electron chi connectivity index (χ1n) is 7.23. The van der Waals surface area contributed by atoms with E-state index in [0.717, 1.165) is 13.0 Å². The molecular weight excluding hydrogens is 288 g/mol. The van der Waals surface area contributed by atoms with E-state index in [1.807, 2.05) is 18.7 Å². The second kappa shape index (κ2) is 7.04. The molecule has 0 spiro atoms. The maximum atomic E-state index is 12.4. The summed E-state index contributed by atoms with van der Waals surface area (Å²) in [4.78, 5) is 28.2. The Bertz CT molecular complexity index is 513. The maximum absolute atomic E-state index is 12.4. The molecule has 0 saturated heterocycles. The van der Waals surface area contributed by atoms with Gasteiger partial charge < -0.3 is 10.0 Å². The van der Waals surface area contributed by atoms with Crippen molar-refractivity contribution in [1.29, 1.82) is 0 Å². The Balaban J connectivity index is 1.94. The third-order valence-electron chi connectivity index (χ3n) is 3.50. The predicted molar refractivity (Wildman–Crippen MR) is 82.4 cm³/mol. The summed E-state index contributed by atoms with van der Waals surface area (Å²) in [6, 6.07) is 2.07. The lowest BCUT2D eigenvalue weighted by atomic mass is 10.1. The lowest BCUT2D eigenvalue weighted by molar-refractivity contribution is -0.140. The summed E-state index contributed by atoms with van der Waals surface area (Å²) in [7, 11) is 0. The van der Waals surface area contributed by atoms with Crippen LogP contribution in [-0.4, -0.2) is 53.0 Å². The second-order valence-corrected chi connectivity index (χ2v) is 6.89. The monoisotopic (exact) mass is 310 g/mol. The van der Waals surface area contributed by atoms with Crippen molar-refractivity contribution in [2.75, 3.05) is 26.2 Å². The number of amides is 1. The average Bonchev–Trinajstić information content (AvgIpc) is 2.83. The van der Waals surface area contributed by atoms with Gasteiger partial charge in [-0.2, -0.15) is 0 Å². The minimum absolute atomic E-state index is 0.0220. The molecule has 1 aromatic heterocycles. The third kappa shape index (κ3) is 4.54. The number of aliphatic carboxylic acids is 1. The number of carbonyl (C=O) groups excluding carboxylic acids is 1. The van der Waals surface area contributed by atoms with Crippen molar-refractivity contribution in [3.63, 3.8) is 0 Å². The Labute approximate surface area is 129 Å². The summed E-state index contributed by atoms with van der Waals surface area (Å²) < 4.78 is 0. The fourth-order valence-electron chi connectivity index (χ4n) is 2.65. The van der Waals surface area contributed by atoms with E-state index < -0.39 is 5.97 Å². The molecule has 0 atom stereocenters. The summed E-state index contributed by atoms with van der Waals surface area (Å²) >= 11 is 1.74. The molecule has 0 radical (unpaired) electrons. The van der Waals surface area contributed by atoms with E-state index in [2.05, 4.69) is 11.4 Å². The topological polar surface area (TPSA) is 60.9 Å². The molecule has 0 unspecified atom stereocenters. The molecule has 0 saturated carbocycles. The van der Waals surface area contributed by atoms with E-state index >= 15 is 0 Å². The zero-order chi connectivity index (χ0) is 15.4. The van der Waals surface area contributed by atoms with Gasteiger partial charge in [-0.05, 0) is 29.3 Å². The summed E-state index contributed by atoms with van der Waals surface area (Å²) in [5.74, 6) is -0.530. The minimum atomic E-state index is -0.887. The molecular formula is C15H22N2O3S. The Hall–Kier alpha value is -1.40. The van der Waals surface area contributed by atoms with Crippen molar-refractivity contribution in [2.24, 2.45) is 5.92 Å². The van der Waals surface area contributed by atoms with Gasteiger partial charge >= 0.3 is 5.97 Å². The minimum Gasteiger partial charge on any atom is -0.480 e. The molecule has 21 heavy (non-hydrogen) atoms. The number of nitrogens with zero attached hydrogens (tertiary/aromatic N) is 2. The van der Waals surface area contributed by atoms with Crippen LogP contribution in [0.25, 0.3) is 0 Å². The molecule has 0 aromatic carbocycles. The van der Waals surface area contributed by atoms with Crippen LogP contribution in [0.2, 0.25) is 0 Å². The SMILES string of the molecule is CC(C)CN(CC(=O)O)CC(=O)N1CCc2sccc2C1. The van der Waals surface area contributed by atoms with E-state index in [-0.39, 0.29) is 19.0 Å². The second-order valence-electron chi connectivity index (χ2n) is 5.89. The van der Waals surface area contributed by atoms with Gasteiger partial charge in [0, 0.05) is 24.5 Å². The number of carboxylic acid groups (broad SMARTS) is 1. The summed E-state index contributed by atoms with van der Waals surface area (Å²) in [6.07, 6.45) is 0.905. The van der Waals surface area contributed by atoms with Crippen LogP contribution in [0.4, 0.5) is 0 Å². The number of fused-ring (bicyclic) bond motifs is 1.